The number of aryl methyl sites for hydroxylation is 1. The Morgan fingerprint density at radius 1 is 0.645 bits per heavy atom. The monoisotopic (exact) mass is 490 g/mol. The summed E-state index contributed by atoms with van der Waals surface area (Å²) in [7, 11) is -11.8. The van der Waals surface area contributed by atoms with Gasteiger partial charge in [0.2, 0.25) is 0 Å². The molecule has 0 aromatic heterocycles. The highest BCUT2D eigenvalue weighted by atomic mass is 32.2. The van der Waals surface area contributed by atoms with Crippen LogP contribution >= 0.6 is 0 Å². The third kappa shape index (κ3) is 6.13. The molecule has 0 saturated carbocycles. The fourth-order valence-corrected chi connectivity index (χ4v) is 3.05. The van der Waals surface area contributed by atoms with Crippen molar-refractivity contribution < 1.29 is 51.5 Å². The fourth-order valence-electron chi connectivity index (χ4n) is 2.15. The van der Waals surface area contributed by atoms with Crippen LogP contribution in [0.15, 0.2) is 54.6 Å². The van der Waals surface area contributed by atoms with E-state index in [0.717, 1.165) is 30.3 Å². The molecule has 0 fully saturated rings. The van der Waals surface area contributed by atoms with Gasteiger partial charge in [0.15, 0.2) is 0 Å². The minimum atomic E-state index is -5.90. The Morgan fingerprint density at radius 2 is 1.10 bits per heavy atom. The van der Waals surface area contributed by atoms with Crippen LogP contribution < -0.4 is 8.37 Å². The minimum Gasteiger partial charge on any atom is -0.376 e. The second-order valence-electron chi connectivity index (χ2n) is 5.91. The standard InChI is InChI=1S/C17H12F6O6S2/c1-11-8-13-6-7-15(29-31(26,27)17(21,22)23)10-12(13)4-2-3-5-14(9-11)28-30(24,25)16(18,19)20/h2-10H,1H3. The summed E-state index contributed by atoms with van der Waals surface area (Å²) in [5.74, 6) is -1.26. The second-order valence-corrected chi connectivity index (χ2v) is 8.99. The molecule has 0 aliphatic carbocycles. The van der Waals surface area contributed by atoms with Crippen LogP contribution in [-0.2, 0) is 20.2 Å². The van der Waals surface area contributed by atoms with Gasteiger partial charge in [-0.2, -0.15) is 43.2 Å². The molecule has 2 rings (SSSR count). The van der Waals surface area contributed by atoms with Gasteiger partial charge in [0.1, 0.15) is 11.5 Å². The van der Waals surface area contributed by atoms with E-state index in [1.807, 2.05) is 0 Å². The Morgan fingerprint density at radius 3 is 1.61 bits per heavy atom. The lowest BCUT2D eigenvalue weighted by atomic mass is 10.1. The van der Waals surface area contributed by atoms with Gasteiger partial charge in [0.05, 0.1) is 0 Å². The van der Waals surface area contributed by atoms with Crippen molar-refractivity contribution in [3.63, 3.8) is 0 Å². The van der Waals surface area contributed by atoms with Crippen molar-refractivity contribution in [1.29, 1.82) is 0 Å². The molecule has 31 heavy (non-hydrogen) atoms. The summed E-state index contributed by atoms with van der Waals surface area (Å²) >= 11 is 0. The van der Waals surface area contributed by atoms with Crippen molar-refractivity contribution in [1.82, 2.24) is 0 Å². The van der Waals surface area contributed by atoms with Crippen molar-refractivity contribution in [3.8, 4) is 11.5 Å². The van der Waals surface area contributed by atoms with Crippen LogP contribution in [0.2, 0.25) is 0 Å². The van der Waals surface area contributed by atoms with Gasteiger partial charge in [-0.3, -0.25) is 0 Å². The van der Waals surface area contributed by atoms with Crippen LogP contribution in [-0.4, -0.2) is 27.9 Å². The first kappa shape index (κ1) is 24.5. The Balaban J connectivity index is 2.55. The topological polar surface area (TPSA) is 86.7 Å². The first-order valence-electron chi connectivity index (χ1n) is 7.92. The van der Waals surface area contributed by atoms with E-state index in [0.29, 0.717) is 5.39 Å². The third-order valence-electron chi connectivity index (χ3n) is 3.44. The van der Waals surface area contributed by atoms with E-state index < -0.39 is 42.8 Å². The van der Waals surface area contributed by atoms with Gasteiger partial charge in [-0.25, -0.2) is 0 Å². The molecule has 2 aromatic carbocycles. The van der Waals surface area contributed by atoms with Crippen LogP contribution in [0, 0.1) is 6.92 Å². The van der Waals surface area contributed by atoms with Crippen LogP contribution in [0.1, 0.15) is 5.56 Å². The van der Waals surface area contributed by atoms with E-state index in [1.165, 1.54) is 31.2 Å². The predicted molar refractivity (Wildman–Crippen MR) is 97.5 cm³/mol. The molecular weight excluding hydrogens is 478 g/mol. The van der Waals surface area contributed by atoms with Gasteiger partial charge >= 0.3 is 31.3 Å². The number of fused-ring (bicyclic) bond motifs is 1. The van der Waals surface area contributed by atoms with Crippen molar-refractivity contribution in [2.24, 2.45) is 0 Å². The molecule has 0 unspecified atom stereocenters. The number of benzene rings is 1. The second kappa shape index (κ2) is 8.42. The van der Waals surface area contributed by atoms with E-state index in [1.54, 1.807) is 0 Å². The largest absolute Gasteiger partial charge is 0.534 e. The number of rotatable bonds is 4. The summed E-state index contributed by atoms with van der Waals surface area (Å²) < 4.78 is 128. The molecule has 0 heterocycles. The van der Waals surface area contributed by atoms with E-state index in [4.69, 9.17) is 0 Å². The Hall–Kier alpha value is -2.74. The molecule has 0 N–H and O–H groups in total. The quantitative estimate of drug-likeness (QED) is 0.350. The molecule has 2 aromatic rings. The summed E-state index contributed by atoms with van der Waals surface area (Å²) in [5.41, 5.74) is -11.0. The van der Waals surface area contributed by atoms with Crippen molar-refractivity contribution in [3.05, 3.63) is 60.2 Å². The number of hydrogen-bond acceptors (Lipinski definition) is 6. The molecule has 0 saturated heterocycles. The number of halogens is 6. The molecule has 0 amide bonds. The van der Waals surface area contributed by atoms with Crippen molar-refractivity contribution in [2.75, 3.05) is 0 Å². The van der Waals surface area contributed by atoms with Crippen LogP contribution in [0.3, 0.4) is 0 Å². The third-order valence-corrected chi connectivity index (χ3v) is 5.40. The molecule has 14 heteroatoms. The van der Waals surface area contributed by atoms with Crippen molar-refractivity contribution >= 4 is 31.0 Å². The Labute approximate surface area is 172 Å². The molecule has 170 valence electrons. The van der Waals surface area contributed by atoms with Gasteiger partial charge in [0, 0.05) is 0 Å². The SMILES string of the molecule is Cc1cc(OS(=O)(=O)C(F)(F)F)ccccc2cc(OS(=O)(=O)C(F)(F)F)ccc2c1. The molecule has 0 aliphatic rings. The van der Waals surface area contributed by atoms with Crippen LogP contribution in [0.4, 0.5) is 26.3 Å². The van der Waals surface area contributed by atoms with E-state index in [-0.39, 0.29) is 10.9 Å². The Kier molecular flexibility index (Phi) is 6.66. The molecule has 0 aliphatic heterocycles. The lowest BCUT2D eigenvalue weighted by molar-refractivity contribution is -0.0504. The summed E-state index contributed by atoms with van der Waals surface area (Å²) in [6.45, 7) is 1.39. The average molecular weight is 490 g/mol. The predicted octanol–water partition coefficient (Wildman–Crippen LogP) is 4.73. The molecule has 6 nitrogen and oxygen atoms in total. The van der Waals surface area contributed by atoms with Crippen LogP contribution in [0.25, 0.3) is 10.8 Å². The maximum atomic E-state index is 12.5. The highest BCUT2D eigenvalue weighted by Gasteiger charge is 2.49. The molecular formula is C17H12F6O6S2. The highest BCUT2D eigenvalue weighted by Crippen LogP contribution is 2.29. The normalized spacial score (nSPS) is 12.9. The lowest BCUT2D eigenvalue weighted by Crippen LogP contribution is -2.28. The van der Waals surface area contributed by atoms with Gasteiger partial charge in [-0.15, -0.1) is 0 Å². The molecule has 0 atom stereocenters. The number of hydrogen-bond donors (Lipinski definition) is 0. The number of alkyl halides is 6. The first-order valence-corrected chi connectivity index (χ1v) is 10.7. The summed E-state index contributed by atoms with van der Waals surface area (Å²) in [6.07, 6.45) is 0. The fraction of sp³-hybridized carbons (Fsp3) is 0.176. The van der Waals surface area contributed by atoms with Crippen molar-refractivity contribution in [2.45, 2.75) is 17.9 Å². The smallest absolute Gasteiger partial charge is 0.376 e. The van der Waals surface area contributed by atoms with Gasteiger partial charge in [-0.1, -0.05) is 30.3 Å². The summed E-state index contributed by atoms with van der Waals surface area (Å²) in [4.78, 5) is 0. The van der Waals surface area contributed by atoms with E-state index >= 15 is 0 Å². The lowest BCUT2D eigenvalue weighted by Gasteiger charge is -2.10. The summed E-state index contributed by atoms with van der Waals surface area (Å²) in [6, 6.07) is 10.0. The maximum absolute atomic E-state index is 12.5. The Bertz CT molecular complexity index is 1250. The first-order chi connectivity index (χ1) is 14.0. The molecule has 0 spiro atoms. The average Bonchev–Trinajstić information content (AvgIpc) is 2.57. The highest BCUT2D eigenvalue weighted by molar-refractivity contribution is 7.88. The van der Waals surface area contributed by atoms with E-state index in [9.17, 15) is 43.2 Å². The zero-order valence-electron chi connectivity index (χ0n) is 15.2. The zero-order chi connectivity index (χ0) is 23.7. The van der Waals surface area contributed by atoms with Gasteiger partial charge in [0.25, 0.3) is 0 Å². The molecule has 0 radical (unpaired) electrons. The molecule has 0 bridgehead atoms. The minimum absolute atomic E-state index is 0.208. The van der Waals surface area contributed by atoms with Crippen LogP contribution in [0.5, 0.6) is 11.5 Å². The van der Waals surface area contributed by atoms with Gasteiger partial charge < -0.3 is 8.37 Å². The van der Waals surface area contributed by atoms with Gasteiger partial charge in [-0.05, 0) is 47.5 Å². The van der Waals surface area contributed by atoms with E-state index in [2.05, 4.69) is 8.37 Å². The maximum Gasteiger partial charge on any atom is 0.534 e. The zero-order valence-corrected chi connectivity index (χ0v) is 16.9. The summed E-state index contributed by atoms with van der Waals surface area (Å²) in [5, 5.41) is 0.523.